The molecule has 0 atom stereocenters. The molecule has 8 aromatic carbocycles. The maximum absolute atomic E-state index is 6.51. The number of hydrogen-bond acceptors (Lipinski definition) is 3. The predicted molar refractivity (Wildman–Crippen MR) is 225 cm³/mol. The smallest absolute Gasteiger partial charge is 0.248 e. The van der Waals surface area contributed by atoms with Crippen molar-refractivity contribution in [3.8, 4) is 56.5 Å². The van der Waals surface area contributed by atoms with Crippen LogP contribution in [0.1, 0.15) is 0 Å². The van der Waals surface area contributed by atoms with Gasteiger partial charge in [-0.2, -0.15) is 0 Å². The van der Waals surface area contributed by atoms with Gasteiger partial charge in [0.1, 0.15) is 0 Å². The summed E-state index contributed by atoms with van der Waals surface area (Å²) in [4.78, 5) is 0. The Labute approximate surface area is 317 Å². The minimum absolute atomic E-state index is 0.480. The first kappa shape index (κ1) is 31.1. The summed E-state index contributed by atoms with van der Waals surface area (Å²) in [7, 11) is 0. The van der Waals surface area contributed by atoms with E-state index in [9.17, 15) is 0 Å². The van der Waals surface area contributed by atoms with Crippen LogP contribution in [0.2, 0.25) is 0 Å². The zero-order valence-electron chi connectivity index (χ0n) is 29.7. The number of para-hydroxylation sites is 4. The molecule has 3 aromatic heterocycles. The van der Waals surface area contributed by atoms with E-state index in [1.807, 2.05) is 24.3 Å². The lowest BCUT2D eigenvalue weighted by Crippen LogP contribution is -1.94. The normalized spacial score (nSPS) is 11.6. The van der Waals surface area contributed by atoms with Crippen molar-refractivity contribution >= 4 is 43.6 Å². The van der Waals surface area contributed by atoms with Gasteiger partial charge < -0.3 is 13.6 Å². The van der Waals surface area contributed by atoms with Gasteiger partial charge in [-0.05, 0) is 82.9 Å². The molecule has 0 radical (unpaired) electrons. The minimum atomic E-state index is 0.480. The van der Waals surface area contributed by atoms with Gasteiger partial charge >= 0.3 is 0 Å². The van der Waals surface area contributed by atoms with Crippen LogP contribution in [0.4, 0.5) is 0 Å². The van der Waals surface area contributed by atoms with Crippen molar-refractivity contribution in [2.24, 2.45) is 0 Å². The van der Waals surface area contributed by atoms with Crippen LogP contribution in [0, 0.1) is 0 Å². The summed E-state index contributed by atoms with van der Waals surface area (Å²) in [5.41, 5.74) is 13.0. The van der Waals surface area contributed by atoms with Gasteiger partial charge in [0.05, 0.1) is 22.1 Å². The fourth-order valence-electron chi connectivity index (χ4n) is 8.27. The molecule has 0 saturated heterocycles. The van der Waals surface area contributed by atoms with E-state index in [0.717, 1.165) is 44.8 Å². The first-order valence-electron chi connectivity index (χ1n) is 18.5. The van der Waals surface area contributed by atoms with Gasteiger partial charge in [0.2, 0.25) is 11.8 Å². The largest absolute Gasteiger partial charge is 0.416 e. The minimum Gasteiger partial charge on any atom is -0.416 e. The third-order valence-electron chi connectivity index (χ3n) is 10.8. The van der Waals surface area contributed by atoms with Crippen molar-refractivity contribution < 1.29 is 4.42 Å². The molecule has 0 unspecified atom stereocenters. The van der Waals surface area contributed by atoms with Gasteiger partial charge in [-0.15, -0.1) is 10.2 Å². The molecule has 3 heterocycles. The van der Waals surface area contributed by atoms with Crippen LogP contribution in [0.25, 0.3) is 100 Å². The zero-order chi connectivity index (χ0) is 36.3. The molecule has 11 aromatic rings. The molecule has 5 nitrogen and oxygen atoms in total. The summed E-state index contributed by atoms with van der Waals surface area (Å²) in [5, 5.41) is 14.2. The lowest BCUT2D eigenvalue weighted by Gasteiger charge is -2.11. The quantitative estimate of drug-likeness (QED) is 0.173. The van der Waals surface area contributed by atoms with Crippen molar-refractivity contribution in [2.75, 3.05) is 0 Å². The van der Waals surface area contributed by atoms with E-state index in [-0.39, 0.29) is 0 Å². The Bertz CT molecular complexity index is 2880. The fraction of sp³-hybridized carbons (Fsp3) is 0. The molecular formula is C50H32N4O. The van der Waals surface area contributed by atoms with E-state index in [1.165, 1.54) is 43.6 Å². The number of rotatable bonds is 6. The van der Waals surface area contributed by atoms with Gasteiger partial charge in [0, 0.05) is 44.0 Å². The summed E-state index contributed by atoms with van der Waals surface area (Å²) < 4.78 is 11.2. The highest BCUT2D eigenvalue weighted by molar-refractivity contribution is 6.10. The van der Waals surface area contributed by atoms with Gasteiger partial charge in [-0.25, -0.2) is 0 Å². The number of hydrogen-bond donors (Lipinski definition) is 0. The van der Waals surface area contributed by atoms with Crippen molar-refractivity contribution in [3.05, 3.63) is 194 Å². The Hall–Kier alpha value is -7.50. The monoisotopic (exact) mass is 704 g/mol. The molecule has 0 fully saturated rings. The van der Waals surface area contributed by atoms with Gasteiger partial charge in [0.25, 0.3) is 0 Å². The first-order chi connectivity index (χ1) is 27.3. The van der Waals surface area contributed by atoms with Crippen LogP contribution < -0.4 is 0 Å². The third kappa shape index (κ3) is 5.02. The SMILES string of the molecule is c1ccc(-c2nnc(-c3ccccc3-c3ccc(-n4c5ccccc5c5ccccc54)cc3)o2)c(-c2ccc(-n3c4ccccc4c4ccccc43)cc2)c1. The van der Waals surface area contributed by atoms with E-state index in [1.54, 1.807) is 0 Å². The molecule has 258 valence electrons. The van der Waals surface area contributed by atoms with Crippen LogP contribution in [-0.2, 0) is 0 Å². The molecular weight excluding hydrogens is 673 g/mol. The second-order valence-corrected chi connectivity index (χ2v) is 13.8. The molecule has 0 aliphatic carbocycles. The number of benzene rings is 8. The van der Waals surface area contributed by atoms with Crippen LogP contribution >= 0.6 is 0 Å². The molecule has 11 rings (SSSR count). The molecule has 0 saturated carbocycles. The number of fused-ring (bicyclic) bond motifs is 6. The van der Waals surface area contributed by atoms with E-state index < -0.39 is 0 Å². The summed E-state index contributed by atoms with van der Waals surface area (Å²) in [6.07, 6.45) is 0. The molecule has 55 heavy (non-hydrogen) atoms. The standard InChI is InChI=1S/C50H32N4O/c1-3-19-43(37(13-1)33-25-29-35(30-26-33)53-45-21-9-5-15-39(45)40-16-6-10-22-46(40)53)49-51-52-50(55-49)44-20-4-2-14-38(44)34-27-31-36(32-28-34)54-47-23-11-7-17-41(47)42-18-8-12-24-48(42)54/h1-32H. The number of aromatic nitrogens is 4. The summed E-state index contributed by atoms with van der Waals surface area (Å²) in [6.45, 7) is 0. The van der Waals surface area contributed by atoms with Crippen LogP contribution in [0.5, 0.6) is 0 Å². The van der Waals surface area contributed by atoms with E-state index in [0.29, 0.717) is 11.8 Å². The molecule has 0 spiro atoms. The van der Waals surface area contributed by atoms with Gasteiger partial charge in [-0.3, -0.25) is 0 Å². The Morgan fingerprint density at radius 3 is 0.927 bits per heavy atom. The summed E-state index contributed by atoms with van der Waals surface area (Å²) in [6, 6.07) is 68.2. The summed E-state index contributed by atoms with van der Waals surface area (Å²) >= 11 is 0. The average molecular weight is 705 g/mol. The van der Waals surface area contributed by atoms with Crippen molar-refractivity contribution in [3.63, 3.8) is 0 Å². The van der Waals surface area contributed by atoms with Crippen molar-refractivity contribution in [2.45, 2.75) is 0 Å². The lowest BCUT2D eigenvalue weighted by atomic mass is 9.99. The second-order valence-electron chi connectivity index (χ2n) is 13.8. The molecule has 5 heteroatoms. The maximum Gasteiger partial charge on any atom is 0.248 e. The lowest BCUT2D eigenvalue weighted by molar-refractivity contribution is 0.585. The highest BCUT2D eigenvalue weighted by Crippen LogP contribution is 2.38. The number of nitrogens with zero attached hydrogens (tertiary/aromatic N) is 4. The Morgan fingerprint density at radius 1 is 0.291 bits per heavy atom. The first-order valence-corrected chi connectivity index (χ1v) is 18.5. The predicted octanol–water partition coefficient (Wildman–Crippen LogP) is 12.9. The third-order valence-corrected chi connectivity index (χ3v) is 10.8. The van der Waals surface area contributed by atoms with Crippen molar-refractivity contribution in [1.29, 1.82) is 0 Å². The molecule has 0 aliphatic heterocycles. The van der Waals surface area contributed by atoms with Crippen molar-refractivity contribution in [1.82, 2.24) is 19.3 Å². The van der Waals surface area contributed by atoms with E-state index in [2.05, 4.69) is 189 Å². The second kappa shape index (κ2) is 12.6. The van der Waals surface area contributed by atoms with Crippen LogP contribution in [0.3, 0.4) is 0 Å². The highest BCUT2D eigenvalue weighted by atomic mass is 16.4. The maximum atomic E-state index is 6.51. The fourth-order valence-corrected chi connectivity index (χ4v) is 8.27. The Morgan fingerprint density at radius 2 is 0.582 bits per heavy atom. The molecule has 0 aliphatic rings. The van der Waals surface area contributed by atoms with Gasteiger partial charge in [-0.1, -0.05) is 133 Å². The van der Waals surface area contributed by atoms with E-state index in [4.69, 9.17) is 4.42 Å². The summed E-state index contributed by atoms with van der Waals surface area (Å²) in [5.74, 6) is 0.960. The van der Waals surface area contributed by atoms with Crippen LogP contribution in [0.15, 0.2) is 199 Å². The Balaban J connectivity index is 0.929. The zero-order valence-corrected chi connectivity index (χ0v) is 29.7. The Kier molecular flexibility index (Phi) is 7.10. The molecule has 0 N–H and O–H groups in total. The topological polar surface area (TPSA) is 48.8 Å². The molecule has 0 amide bonds. The van der Waals surface area contributed by atoms with Gasteiger partial charge in [0.15, 0.2) is 0 Å². The van der Waals surface area contributed by atoms with E-state index >= 15 is 0 Å². The highest BCUT2D eigenvalue weighted by Gasteiger charge is 2.19. The van der Waals surface area contributed by atoms with Crippen LogP contribution in [-0.4, -0.2) is 19.3 Å². The molecule has 0 bridgehead atoms. The average Bonchev–Trinajstić information content (AvgIpc) is 3.97.